The van der Waals surface area contributed by atoms with Crippen LogP contribution < -0.4 is 0 Å². The molecule has 0 unspecified atom stereocenters. The molecule has 2 atom stereocenters. The highest BCUT2D eigenvalue weighted by Gasteiger charge is 2.28. The SMILES string of the molecule is C[C@H](CCO)[C@@H](c1ccco1)N(C)C(=O)O. The van der Waals surface area contributed by atoms with Gasteiger partial charge >= 0.3 is 6.09 Å². The molecule has 0 spiro atoms. The topological polar surface area (TPSA) is 73.9 Å². The number of nitrogens with zero attached hydrogens (tertiary/aromatic N) is 1. The fourth-order valence-electron chi connectivity index (χ4n) is 1.79. The molecule has 1 aromatic heterocycles. The number of carboxylic acid groups (broad SMARTS) is 1. The third-order valence-corrected chi connectivity index (χ3v) is 2.68. The Balaban J connectivity index is 2.89. The van der Waals surface area contributed by atoms with Crippen LogP contribution in [0.15, 0.2) is 22.8 Å². The van der Waals surface area contributed by atoms with Crippen molar-refractivity contribution >= 4 is 6.09 Å². The van der Waals surface area contributed by atoms with Gasteiger partial charge in [0.25, 0.3) is 0 Å². The molecule has 1 heterocycles. The van der Waals surface area contributed by atoms with Gasteiger partial charge in [-0.2, -0.15) is 0 Å². The van der Waals surface area contributed by atoms with E-state index in [1.54, 1.807) is 12.1 Å². The van der Waals surface area contributed by atoms with Crippen LogP contribution in [0.4, 0.5) is 4.79 Å². The maximum Gasteiger partial charge on any atom is 0.407 e. The summed E-state index contributed by atoms with van der Waals surface area (Å²) < 4.78 is 5.25. The van der Waals surface area contributed by atoms with E-state index >= 15 is 0 Å². The van der Waals surface area contributed by atoms with Crippen LogP contribution in [0, 0.1) is 5.92 Å². The zero-order valence-electron chi connectivity index (χ0n) is 9.46. The van der Waals surface area contributed by atoms with Crippen molar-refractivity contribution < 1.29 is 19.4 Å². The van der Waals surface area contributed by atoms with E-state index in [4.69, 9.17) is 14.6 Å². The Bertz CT molecular complexity index is 323. The van der Waals surface area contributed by atoms with Crippen molar-refractivity contribution in [3.63, 3.8) is 0 Å². The molecule has 0 saturated heterocycles. The quantitative estimate of drug-likeness (QED) is 0.806. The Labute approximate surface area is 94.3 Å². The molecule has 0 aliphatic rings. The Morgan fingerprint density at radius 3 is 2.75 bits per heavy atom. The molecule has 1 aromatic rings. The van der Waals surface area contributed by atoms with Crippen molar-refractivity contribution in [2.24, 2.45) is 5.92 Å². The summed E-state index contributed by atoms with van der Waals surface area (Å²) in [6.07, 6.45) is 1.04. The normalized spacial score (nSPS) is 14.4. The molecule has 90 valence electrons. The van der Waals surface area contributed by atoms with Gasteiger partial charge in [-0.1, -0.05) is 6.92 Å². The van der Waals surface area contributed by atoms with E-state index in [2.05, 4.69) is 0 Å². The average molecular weight is 227 g/mol. The third-order valence-electron chi connectivity index (χ3n) is 2.68. The highest BCUT2D eigenvalue weighted by atomic mass is 16.4. The molecule has 0 aliphatic heterocycles. The predicted octanol–water partition coefficient (Wildman–Crippen LogP) is 1.95. The van der Waals surface area contributed by atoms with Gasteiger partial charge in [0.1, 0.15) is 5.76 Å². The molecule has 1 rings (SSSR count). The predicted molar refractivity (Wildman–Crippen MR) is 58.1 cm³/mol. The minimum Gasteiger partial charge on any atom is -0.467 e. The summed E-state index contributed by atoms with van der Waals surface area (Å²) in [5.74, 6) is 0.600. The van der Waals surface area contributed by atoms with E-state index < -0.39 is 6.09 Å². The van der Waals surface area contributed by atoms with Crippen LogP contribution in [0.25, 0.3) is 0 Å². The lowest BCUT2D eigenvalue weighted by Gasteiger charge is -2.29. The molecule has 16 heavy (non-hydrogen) atoms. The molecule has 0 fully saturated rings. The van der Waals surface area contributed by atoms with Crippen molar-refractivity contribution in [2.45, 2.75) is 19.4 Å². The fourth-order valence-corrected chi connectivity index (χ4v) is 1.79. The second-order valence-corrected chi connectivity index (χ2v) is 3.84. The first-order chi connectivity index (χ1) is 7.57. The largest absolute Gasteiger partial charge is 0.467 e. The van der Waals surface area contributed by atoms with Gasteiger partial charge in [-0.3, -0.25) is 0 Å². The highest BCUT2D eigenvalue weighted by molar-refractivity contribution is 5.65. The first kappa shape index (κ1) is 12.6. The van der Waals surface area contributed by atoms with E-state index in [1.165, 1.54) is 18.2 Å². The second-order valence-electron chi connectivity index (χ2n) is 3.84. The van der Waals surface area contributed by atoms with Crippen LogP contribution in [-0.2, 0) is 0 Å². The molecule has 0 aromatic carbocycles. The zero-order chi connectivity index (χ0) is 12.1. The van der Waals surface area contributed by atoms with Crippen molar-refractivity contribution in [3.05, 3.63) is 24.2 Å². The van der Waals surface area contributed by atoms with Crippen LogP contribution in [0.5, 0.6) is 0 Å². The van der Waals surface area contributed by atoms with E-state index in [9.17, 15) is 4.79 Å². The lowest BCUT2D eigenvalue weighted by atomic mass is 9.95. The summed E-state index contributed by atoms with van der Waals surface area (Å²) in [6.45, 7) is 1.93. The summed E-state index contributed by atoms with van der Waals surface area (Å²) in [6, 6.07) is 3.11. The highest BCUT2D eigenvalue weighted by Crippen LogP contribution is 2.29. The van der Waals surface area contributed by atoms with Crippen LogP contribution >= 0.6 is 0 Å². The van der Waals surface area contributed by atoms with Crippen molar-refractivity contribution in [2.75, 3.05) is 13.7 Å². The number of carbonyl (C=O) groups is 1. The van der Waals surface area contributed by atoms with Crippen LogP contribution in [-0.4, -0.2) is 34.9 Å². The first-order valence-electron chi connectivity index (χ1n) is 5.18. The summed E-state index contributed by atoms with van der Waals surface area (Å²) >= 11 is 0. The lowest BCUT2D eigenvalue weighted by molar-refractivity contribution is 0.106. The van der Waals surface area contributed by atoms with Gasteiger partial charge in [-0.15, -0.1) is 0 Å². The van der Waals surface area contributed by atoms with E-state index in [1.807, 2.05) is 6.92 Å². The molecule has 2 N–H and O–H groups in total. The Morgan fingerprint density at radius 2 is 2.31 bits per heavy atom. The summed E-state index contributed by atoms with van der Waals surface area (Å²) in [5.41, 5.74) is 0. The molecular weight excluding hydrogens is 210 g/mol. The van der Waals surface area contributed by atoms with Gasteiger partial charge in [0.2, 0.25) is 0 Å². The van der Waals surface area contributed by atoms with E-state index in [0.29, 0.717) is 12.2 Å². The molecule has 0 aliphatic carbocycles. The van der Waals surface area contributed by atoms with Crippen molar-refractivity contribution in [1.82, 2.24) is 4.90 Å². The van der Waals surface area contributed by atoms with Crippen LogP contribution in [0.1, 0.15) is 25.1 Å². The van der Waals surface area contributed by atoms with Gasteiger partial charge in [-0.05, 0) is 24.5 Å². The van der Waals surface area contributed by atoms with Gasteiger partial charge in [-0.25, -0.2) is 4.79 Å². The molecule has 5 heteroatoms. The minimum atomic E-state index is -1.01. The number of amides is 1. The zero-order valence-corrected chi connectivity index (χ0v) is 9.46. The Hall–Kier alpha value is -1.49. The Morgan fingerprint density at radius 1 is 1.62 bits per heavy atom. The third kappa shape index (κ3) is 2.76. The summed E-state index contributed by atoms with van der Waals surface area (Å²) in [4.78, 5) is 12.2. The molecule has 0 radical (unpaired) electrons. The number of rotatable bonds is 5. The number of aliphatic hydroxyl groups excluding tert-OH is 1. The van der Waals surface area contributed by atoms with Gasteiger partial charge in [0, 0.05) is 13.7 Å². The number of aliphatic hydroxyl groups is 1. The van der Waals surface area contributed by atoms with Crippen LogP contribution in [0.3, 0.4) is 0 Å². The maximum atomic E-state index is 11.0. The maximum absolute atomic E-state index is 11.0. The van der Waals surface area contributed by atoms with Crippen molar-refractivity contribution in [1.29, 1.82) is 0 Å². The molecule has 5 nitrogen and oxygen atoms in total. The van der Waals surface area contributed by atoms with Gasteiger partial charge in [0.15, 0.2) is 0 Å². The van der Waals surface area contributed by atoms with Gasteiger partial charge in [0.05, 0.1) is 12.3 Å². The first-order valence-corrected chi connectivity index (χ1v) is 5.18. The van der Waals surface area contributed by atoms with Gasteiger partial charge < -0.3 is 19.5 Å². The number of hydrogen-bond acceptors (Lipinski definition) is 3. The molecule has 0 bridgehead atoms. The fraction of sp³-hybridized carbons (Fsp3) is 0.545. The van der Waals surface area contributed by atoms with Crippen LogP contribution in [0.2, 0.25) is 0 Å². The molecular formula is C11H17NO4. The average Bonchev–Trinajstić information content (AvgIpc) is 2.71. The number of furan rings is 1. The number of hydrogen-bond donors (Lipinski definition) is 2. The summed E-state index contributed by atoms with van der Waals surface area (Å²) in [7, 11) is 1.50. The standard InChI is InChI=1S/C11H17NO4/c1-8(5-6-13)10(12(2)11(14)15)9-4-3-7-16-9/h3-4,7-8,10,13H,5-6H2,1-2H3,(H,14,15)/t8-,10+/m1/s1. The molecule has 1 amide bonds. The lowest BCUT2D eigenvalue weighted by Crippen LogP contribution is -2.33. The second kappa shape index (κ2) is 5.55. The minimum absolute atomic E-state index is 0.00255. The molecule has 0 saturated carbocycles. The summed E-state index contributed by atoms with van der Waals surface area (Å²) in [5, 5.41) is 17.9. The Kier molecular flexibility index (Phi) is 4.37. The van der Waals surface area contributed by atoms with E-state index in [-0.39, 0.29) is 18.6 Å². The van der Waals surface area contributed by atoms with E-state index in [0.717, 1.165) is 0 Å². The smallest absolute Gasteiger partial charge is 0.407 e. The van der Waals surface area contributed by atoms with Crippen molar-refractivity contribution in [3.8, 4) is 0 Å². The monoisotopic (exact) mass is 227 g/mol.